The topological polar surface area (TPSA) is 21.3 Å². The van der Waals surface area contributed by atoms with Crippen molar-refractivity contribution in [2.75, 3.05) is 6.61 Å². The van der Waals surface area contributed by atoms with Crippen molar-refractivity contribution < 1.29 is 4.74 Å². The lowest BCUT2D eigenvalue weighted by Gasteiger charge is -2.38. The van der Waals surface area contributed by atoms with Crippen molar-refractivity contribution in [3.05, 3.63) is 35.4 Å². The highest BCUT2D eigenvalue weighted by molar-refractivity contribution is 5.26. The van der Waals surface area contributed by atoms with Gasteiger partial charge in [-0.05, 0) is 43.7 Å². The lowest BCUT2D eigenvalue weighted by molar-refractivity contribution is -0.0781. The van der Waals surface area contributed by atoms with E-state index < -0.39 is 0 Å². The summed E-state index contributed by atoms with van der Waals surface area (Å²) in [7, 11) is 0. The number of hydrogen-bond acceptors (Lipinski definition) is 2. The number of rotatable bonds is 5. The van der Waals surface area contributed by atoms with Crippen LogP contribution in [0.15, 0.2) is 24.3 Å². The van der Waals surface area contributed by atoms with Gasteiger partial charge < -0.3 is 10.1 Å². The Bertz CT molecular complexity index is 404. The molecular weight excluding hydrogens is 234 g/mol. The van der Waals surface area contributed by atoms with Crippen LogP contribution < -0.4 is 5.32 Å². The molecule has 0 aromatic heterocycles. The fourth-order valence-electron chi connectivity index (χ4n) is 2.88. The Kier molecular flexibility index (Phi) is 5.00. The van der Waals surface area contributed by atoms with E-state index in [0.29, 0.717) is 6.04 Å². The van der Waals surface area contributed by atoms with Crippen LogP contribution in [0.3, 0.4) is 0 Å². The van der Waals surface area contributed by atoms with Gasteiger partial charge in [0.2, 0.25) is 0 Å². The van der Waals surface area contributed by atoms with Crippen LogP contribution in [-0.4, -0.2) is 18.2 Å². The SMILES string of the molecule is CCc1ccccc1CNC1CCOC(C)(CC)C1. The molecule has 0 aliphatic carbocycles. The normalized spacial score (nSPS) is 27.4. The first-order chi connectivity index (χ1) is 9.17. The quantitative estimate of drug-likeness (QED) is 0.873. The lowest BCUT2D eigenvalue weighted by Crippen LogP contribution is -2.44. The van der Waals surface area contributed by atoms with Crippen molar-refractivity contribution >= 4 is 0 Å². The predicted octanol–water partition coefficient (Wildman–Crippen LogP) is 3.69. The molecule has 0 amide bonds. The smallest absolute Gasteiger partial charge is 0.0666 e. The zero-order valence-electron chi connectivity index (χ0n) is 12.5. The first kappa shape index (κ1) is 14.5. The van der Waals surface area contributed by atoms with Crippen molar-refractivity contribution in [3.63, 3.8) is 0 Å². The molecule has 2 nitrogen and oxygen atoms in total. The molecular formula is C17H27NO. The average Bonchev–Trinajstić information content (AvgIpc) is 2.45. The van der Waals surface area contributed by atoms with Gasteiger partial charge in [0.1, 0.15) is 0 Å². The molecule has 1 aromatic carbocycles. The maximum atomic E-state index is 5.90. The van der Waals surface area contributed by atoms with Crippen molar-refractivity contribution in [2.45, 2.75) is 64.6 Å². The molecule has 1 N–H and O–H groups in total. The van der Waals surface area contributed by atoms with Crippen LogP contribution in [0.1, 0.15) is 51.2 Å². The summed E-state index contributed by atoms with van der Waals surface area (Å²) in [5.74, 6) is 0. The molecule has 2 atom stereocenters. The lowest BCUT2D eigenvalue weighted by atomic mass is 9.89. The zero-order chi connectivity index (χ0) is 13.7. The minimum absolute atomic E-state index is 0.0696. The monoisotopic (exact) mass is 261 g/mol. The molecule has 106 valence electrons. The molecule has 1 fully saturated rings. The third-order valence-corrected chi connectivity index (χ3v) is 4.42. The predicted molar refractivity (Wildman–Crippen MR) is 80.3 cm³/mol. The van der Waals surface area contributed by atoms with Gasteiger partial charge in [-0.15, -0.1) is 0 Å². The highest BCUT2D eigenvalue weighted by atomic mass is 16.5. The standard InChI is InChI=1S/C17H27NO/c1-4-14-8-6-7-9-15(14)13-18-16-10-11-19-17(3,5-2)12-16/h6-9,16,18H,4-5,10-13H2,1-3H3. The Hall–Kier alpha value is -0.860. The molecule has 2 heteroatoms. The maximum absolute atomic E-state index is 5.90. The van der Waals surface area contributed by atoms with Gasteiger partial charge in [-0.2, -0.15) is 0 Å². The summed E-state index contributed by atoms with van der Waals surface area (Å²) >= 11 is 0. The van der Waals surface area contributed by atoms with Gasteiger partial charge in [-0.25, -0.2) is 0 Å². The van der Waals surface area contributed by atoms with Crippen LogP contribution in [0.25, 0.3) is 0 Å². The minimum Gasteiger partial charge on any atom is -0.375 e. The van der Waals surface area contributed by atoms with E-state index in [-0.39, 0.29) is 5.60 Å². The van der Waals surface area contributed by atoms with Gasteiger partial charge in [0.15, 0.2) is 0 Å². The molecule has 1 saturated heterocycles. The van der Waals surface area contributed by atoms with Crippen molar-refractivity contribution in [2.24, 2.45) is 0 Å². The first-order valence-electron chi connectivity index (χ1n) is 7.61. The molecule has 2 unspecified atom stereocenters. The van der Waals surface area contributed by atoms with Crippen LogP contribution in [0.4, 0.5) is 0 Å². The highest BCUT2D eigenvalue weighted by Gasteiger charge is 2.31. The average molecular weight is 261 g/mol. The molecule has 0 saturated carbocycles. The largest absolute Gasteiger partial charge is 0.375 e. The van der Waals surface area contributed by atoms with Crippen LogP contribution >= 0.6 is 0 Å². The minimum atomic E-state index is 0.0696. The number of hydrogen-bond donors (Lipinski definition) is 1. The fourth-order valence-corrected chi connectivity index (χ4v) is 2.88. The summed E-state index contributed by atoms with van der Waals surface area (Å²) in [6.07, 6.45) is 4.46. The maximum Gasteiger partial charge on any atom is 0.0666 e. The van der Waals surface area contributed by atoms with Gasteiger partial charge in [0.05, 0.1) is 5.60 Å². The van der Waals surface area contributed by atoms with E-state index in [2.05, 4.69) is 50.4 Å². The second-order valence-corrected chi connectivity index (χ2v) is 5.84. The van der Waals surface area contributed by atoms with Gasteiger partial charge in [-0.1, -0.05) is 38.1 Å². The number of aryl methyl sites for hydroxylation is 1. The fraction of sp³-hybridized carbons (Fsp3) is 0.647. The number of ether oxygens (including phenoxy) is 1. The summed E-state index contributed by atoms with van der Waals surface area (Å²) in [5, 5.41) is 3.72. The van der Waals surface area contributed by atoms with Gasteiger partial charge >= 0.3 is 0 Å². The van der Waals surface area contributed by atoms with Crippen molar-refractivity contribution in [3.8, 4) is 0 Å². The van der Waals surface area contributed by atoms with Crippen molar-refractivity contribution in [1.82, 2.24) is 5.32 Å². The van der Waals surface area contributed by atoms with Gasteiger partial charge in [0.25, 0.3) is 0 Å². The first-order valence-corrected chi connectivity index (χ1v) is 7.61. The van der Waals surface area contributed by atoms with E-state index in [1.807, 2.05) is 0 Å². The summed E-state index contributed by atoms with van der Waals surface area (Å²) < 4.78 is 5.90. The summed E-state index contributed by atoms with van der Waals surface area (Å²) in [5.41, 5.74) is 2.97. The van der Waals surface area contributed by atoms with Crippen LogP contribution in [0.2, 0.25) is 0 Å². The molecule has 0 radical (unpaired) electrons. The Morgan fingerprint density at radius 2 is 2.00 bits per heavy atom. The van der Waals surface area contributed by atoms with E-state index in [1.54, 1.807) is 0 Å². The Morgan fingerprint density at radius 3 is 2.68 bits per heavy atom. The molecule has 1 aliphatic rings. The van der Waals surface area contributed by atoms with E-state index in [9.17, 15) is 0 Å². The third kappa shape index (κ3) is 3.80. The molecule has 1 aromatic rings. The summed E-state index contributed by atoms with van der Waals surface area (Å²) in [6, 6.07) is 9.33. The van der Waals surface area contributed by atoms with Crippen LogP contribution in [-0.2, 0) is 17.7 Å². The molecule has 1 aliphatic heterocycles. The Morgan fingerprint density at radius 1 is 1.26 bits per heavy atom. The second-order valence-electron chi connectivity index (χ2n) is 5.84. The summed E-state index contributed by atoms with van der Waals surface area (Å²) in [4.78, 5) is 0. The molecule has 0 bridgehead atoms. The Labute approximate surface area is 117 Å². The molecule has 1 heterocycles. The van der Waals surface area contributed by atoms with Gasteiger partial charge in [0, 0.05) is 19.2 Å². The van der Waals surface area contributed by atoms with E-state index in [0.717, 1.165) is 38.8 Å². The Balaban J connectivity index is 1.91. The molecule has 2 rings (SSSR count). The number of nitrogens with one attached hydrogen (secondary N) is 1. The van der Waals surface area contributed by atoms with Crippen LogP contribution in [0.5, 0.6) is 0 Å². The van der Waals surface area contributed by atoms with E-state index >= 15 is 0 Å². The van der Waals surface area contributed by atoms with E-state index in [4.69, 9.17) is 4.74 Å². The van der Waals surface area contributed by atoms with E-state index in [1.165, 1.54) is 11.1 Å². The molecule has 0 spiro atoms. The third-order valence-electron chi connectivity index (χ3n) is 4.42. The second kappa shape index (κ2) is 6.53. The van der Waals surface area contributed by atoms with Crippen LogP contribution in [0, 0.1) is 0 Å². The van der Waals surface area contributed by atoms with Gasteiger partial charge in [-0.3, -0.25) is 0 Å². The molecule has 19 heavy (non-hydrogen) atoms. The zero-order valence-corrected chi connectivity index (χ0v) is 12.5. The summed E-state index contributed by atoms with van der Waals surface area (Å²) in [6.45, 7) is 8.54. The highest BCUT2D eigenvalue weighted by Crippen LogP contribution is 2.27. The van der Waals surface area contributed by atoms with Crippen molar-refractivity contribution in [1.29, 1.82) is 0 Å². The number of benzene rings is 1.